The van der Waals surface area contributed by atoms with E-state index in [-0.39, 0.29) is 28.6 Å². The van der Waals surface area contributed by atoms with Gasteiger partial charge in [-0.25, -0.2) is 25.9 Å². The largest absolute Gasteiger partial charge is 0.495 e. The molecule has 1 aromatic heterocycles. The molecule has 2 aromatic rings. The Morgan fingerprint density at radius 2 is 1.97 bits per heavy atom. The third-order valence-corrected chi connectivity index (χ3v) is 7.87. The van der Waals surface area contributed by atoms with E-state index in [0.717, 1.165) is 6.07 Å². The molecule has 3 rings (SSSR count). The van der Waals surface area contributed by atoms with Crippen LogP contribution in [0.4, 0.5) is 5.69 Å². The first-order chi connectivity index (χ1) is 13.5. The van der Waals surface area contributed by atoms with Crippen molar-refractivity contribution in [1.82, 2.24) is 9.71 Å². The number of carbonyl (C=O) groups is 1. The van der Waals surface area contributed by atoms with E-state index in [1.165, 1.54) is 39.3 Å². The van der Waals surface area contributed by atoms with Gasteiger partial charge >= 0.3 is 0 Å². The zero-order valence-electron chi connectivity index (χ0n) is 16.1. The normalized spacial score (nSPS) is 18.0. The minimum Gasteiger partial charge on any atom is -0.495 e. The van der Waals surface area contributed by atoms with Gasteiger partial charge in [-0.1, -0.05) is 6.07 Å². The number of hydrogen-bond acceptors (Lipinski definition) is 7. The third-order valence-electron chi connectivity index (χ3n) is 4.43. The smallest absolute Gasteiger partial charge is 0.247 e. The van der Waals surface area contributed by atoms with E-state index in [1.54, 1.807) is 18.2 Å². The number of carbonyl (C=O) groups excluding carboxylic acids is 1. The number of pyridine rings is 1. The second kappa shape index (κ2) is 7.39. The molecule has 0 unspecified atom stereocenters. The van der Waals surface area contributed by atoms with Crippen molar-refractivity contribution in [2.45, 2.75) is 25.3 Å². The number of anilines is 1. The number of benzene rings is 1. The van der Waals surface area contributed by atoms with Gasteiger partial charge < -0.3 is 4.74 Å². The molecule has 9 nitrogen and oxygen atoms in total. The lowest BCUT2D eigenvalue weighted by atomic mass is 9.95. The summed E-state index contributed by atoms with van der Waals surface area (Å²) in [5.41, 5.74) is -0.653. The monoisotopic (exact) mass is 439 g/mol. The highest BCUT2D eigenvalue weighted by molar-refractivity contribution is 7.94. The van der Waals surface area contributed by atoms with Crippen LogP contribution in [0.25, 0.3) is 0 Å². The van der Waals surface area contributed by atoms with Crippen LogP contribution >= 0.6 is 0 Å². The fourth-order valence-corrected chi connectivity index (χ4v) is 6.30. The second-order valence-corrected chi connectivity index (χ2v) is 10.7. The zero-order valence-corrected chi connectivity index (χ0v) is 17.7. The van der Waals surface area contributed by atoms with E-state index in [2.05, 4.69) is 9.71 Å². The third kappa shape index (κ3) is 4.11. The summed E-state index contributed by atoms with van der Waals surface area (Å²) >= 11 is 0. The number of amides is 1. The maximum atomic E-state index is 12.9. The van der Waals surface area contributed by atoms with Crippen molar-refractivity contribution in [3.63, 3.8) is 0 Å². The molecule has 1 aliphatic heterocycles. The van der Waals surface area contributed by atoms with Gasteiger partial charge in [0, 0.05) is 6.20 Å². The van der Waals surface area contributed by atoms with Crippen LogP contribution in [0.2, 0.25) is 0 Å². The van der Waals surface area contributed by atoms with E-state index >= 15 is 0 Å². The summed E-state index contributed by atoms with van der Waals surface area (Å²) < 4.78 is 58.9. The van der Waals surface area contributed by atoms with E-state index in [1.807, 2.05) is 0 Å². The molecule has 1 amide bonds. The Kier molecular flexibility index (Phi) is 5.41. The van der Waals surface area contributed by atoms with Crippen molar-refractivity contribution in [3.8, 4) is 5.75 Å². The van der Waals surface area contributed by atoms with Gasteiger partial charge in [0.05, 0.1) is 36.2 Å². The maximum Gasteiger partial charge on any atom is 0.247 e. The molecule has 1 aromatic carbocycles. The Hall–Kier alpha value is -2.50. The number of hydrogen-bond donors (Lipinski definition) is 1. The Balaban J connectivity index is 2.00. The van der Waals surface area contributed by atoms with Crippen LogP contribution in [0, 0.1) is 5.41 Å². The second-order valence-electron chi connectivity index (χ2n) is 7.19. The molecular weight excluding hydrogens is 418 g/mol. The Labute approximate surface area is 169 Å². The van der Waals surface area contributed by atoms with Crippen LogP contribution < -0.4 is 13.8 Å². The van der Waals surface area contributed by atoms with Gasteiger partial charge in [0.1, 0.15) is 10.6 Å². The summed E-state index contributed by atoms with van der Waals surface area (Å²) in [6.07, 6.45) is 1.54. The fraction of sp³-hybridized carbons (Fsp3) is 0.333. The van der Waals surface area contributed by atoms with Crippen molar-refractivity contribution in [1.29, 1.82) is 0 Å². The molecule has 1 aliphatic rings. The first kappa shape index (κ1) is 21.2. The molecule has 29 heavy (non-hydrogen) atoms. The van der Waals surface area contributed by atoms with Crippen LogP contribution in [-0.4, -0.2) is 40.6 Å². The number of methoxy groups -OCH3 is 1. The van der Waals surface area contributed by atoms with Gasteiger partial charge in [0.15, 0.2) is 0 Å². The fourth-order valence-electron chi connectivity index (χ4n) is 3.01. The zero-order chi connectivity index (χ0) is 21.4. The van der Waals surface area contributed by atoms with Gasteiger partial charge in [-0.3, -0.25) is 9.78 Å². The van der Waals surface area contributed by atoms with Crippen LogP contribution in [0.5, 0.6) is 5.75 Å². The number of ether oxygens (including phenoxy) is 1. The minimum atomic E-state index is -4.08. The van der Waals surface area contributed by atoms with Gasteiger partial charge in [-0.05, 0) is 44.2 Å². The van der Waals surface area contributed by atoms with Crippen molar-refractivity contribution < 1.29 is 26.4 Å². The predicted molar refractivity (Wildman–Crippen MR) is 106 cm³/mol. The topological polar surface area (TPSA) is 123 Å². The number of nitrogens with zero attached hydrogens (tertiary/aromatic N) is 2. The van der Waals surface area contributed by atoms with Gasteiger partial charge in [-0.15, -0.1) is 0 Å². The van der Waals surface area contributed by atoms with Crippen LogP contribution in [0.1, 0.15) is 19.5 Å². The molecule has 0 radical (unpaired) electrons. The Morgan fingerprint density at radius 1 is 1.24 bits per heavy atom. The summed E-state index contributed by atoms with van der Waals surface area (Å²) in [5.74, 6) is -0.955. The molecule has 2 heterocycles. The molecular formula is C18H21N3O6S2. The molecule has 156 valence electrons. The molecule has 1 saturated heterocycles. The Bertz CT molecular complexity index is 1150. The van der Waals surface area contributed by atoms with Crippen LogP contribution in [0.3, 0.4) is 0 Å². The van der Waals surface area contributed by atoms with Crippen molar-refractivity contribution in [2.24, 2.45) is 5.41 Å². The lowest BCUT2D eigenvalue weighted by Gasteiger charge is -2.19. The molecule has 1 N–H and O–H groups in total. The summed E-state index contributed by atoms with van der Waals surface area (Å²) in [7, 11) is -6.70. The van der Waals surface area contributed by atoms with E-state index in [0.29, 0.717) is 10.00 Å². The van der Waals surface area contributed by atoms with Crippen molar-refractivity contribution >= 4 is 31.6 Å². The lowest BCUT2D eigenvalue weighted by molar-refractivity contribution is -0.123. The van der Waals surface area contributed by atoms with Gasteiger partial charge in [0.2, 0.25) is 26.0 Å². The average Bonchev–Trinajstić information content (AvgIpc) is 2.83. The first-order valence-electron chi connectivity index (χ1n) is 8.63. The number of rotatable bonds is 6. The molecule has 0 aliphatic carbocycles. The molecule has 0 saturated carbocycles. The molecule has 0 atom stereocenters. The van der Waals surface area contributed by atoms with E-state index in [4.69, 9.17) is 4.74 Å². The quantitative estimate of drug-likeness (QED) is 0.719. The summed E-state index contributed by atoms with van der Waals surface area (Å²) in [5, 5.41) is 0. The van der Waals surface area contributed by atoms with Crippen molar-refractivity contribution in [2.75, 3.05) is 17.2 Å². The molecule has 0 bridgehead atoms. The maximum absolute atomic E-state index is 12.9. The highest BCUT2D eigenvalue weighted by Crippen LogP contribution is 2.38. The molecule has 1 fully saturated rings. The summed E-state index contributed by atoms with van der Waals surface area (Å²) in [6.45, 7) is 3.00. The molecule has 0 spiro atoms. The summed E-state index contributed by atoms with van der Waals surface area (Å²) in [6, 6.07) is 8.87. The van der Waals surface area contributed by atoms with Gasteiger partial charge in [0.25, 0.3) is 0 Å². The number of nitrogens with one attached hydrogen (secondary N) is 1. The van der Waals surface area contributed by atoms with Gasteiger partial charge in [-0.2, -0.15) is 0 Å². The number of aromatic nitrogens is 1. The minimum absolute atomic E-state index is 0.0191. The highest BCUT2D eigenvalue weighted by Gasteiger charge is 2.50. The SMILES string of the molecule is COc1ccc(N2C(=O)C(C)(C)CS2(=O)=O)cc1S(=O)(=O)NCc1ccccn1. The van der Waals surface area contributed by atoms with Crippen LogP contribution in [0.15, 0.2) is 47.5 Å². The lowest BCUT2D eigenvalue weighted by Crippen LogP contribution is -2.33. The van der Waals surface area contributed by atoms with Crippen LogP contribution in [-0.2, 0) is 31.4 Å². The van der Waals surface area contributed by atoms with E-state index in [9.17, 15) is 21.6 Å². The number of sulfonamides is 2. The summed E-state index contributed by atoms with van der Waals surface area (Å²) in [4.78, 5) is 16.4. The van der Waals surface area contributed by atoms with Crippen molar-refractivity contribution in [3.05, 3.63) is 48.3 Å². The Morgan fingerprint density at radius 3 is 2.52 bits per heavy atom. The highest BCUT2D eigenvalue weighted by atomic mass is 32.2. The predicted octanol–water partition coefficient (Wildman–Crippen LogP) is 1.27. The average molecular weight is 440 g/mol. The standard InChI is InChI=1S/C18H21N3O6S2/c1-18(2)12-28(23,24)21(17(18)22)14-7-8-15(27-3)16(10-14)29(25,26)20-11-13-6-4-5-9-19-13/h4-10,20H,11-12H2,1-3H3. The first-order valence-corrected chi connectivity index (χ1v) is 11.7. The molecule has 11 heteroatoms. The van der Waals surface area contributed by atoms with E-state index < -0.39 is 31.4 Å².